The molecule has 0 unspecified atom stereocenters. The minimum Gasteiger partial charge on any atom is -0.481 e. The molecule has 0 aliphatic rings. The zero-order chi connectivity index (χ0) is 18.0. The SMILES string of the molecule is C#CCOCCOCCOCCOCCN(C)C(=O)CCC(=O)O. The van der Waals surface area contributed by atoms with E-state index < -0.39 is 5.97 Å². The predicted molar refractivity (Wildman–Crippen MR) is 86.6 cm³/mol. The van der Waals surface area contributed by atoms with Gasteiger partial charge in [-0.2, -0.15) is 0 Å². The molecule has 1 N–H and O–H groups in total. The van der Waals surface area contributed by atoms with Crippen molar-refractivity contribution in [3.05, 3.63) is 0 Å². The van der Waals surface area contributed by atoms with Gasteiger partial charge in [-0.15, -0.1) is 6.42 Å². The van der Waals surface area contributed by atoms with Gasteiger partial charge in [-0.3, -0.25) is 9.59 Å². The third kappa shape index (κ3) is 15.2. The van der Waals surface area contributed by atoms with E-state index in [1.165, 1.54) is 4.90 Å². The average molecular weight is 345 g/mol. The zero-order valence-electron chi connectivity index (χ0n) is 14.2. The molecule has 0 radical (unpaired) electrons. The molecule has 1 amide bonds. The first kappa shape index (κ1) is 22.3. The van der Waals surface area contributed by atoms with Gasteiger partial charge in [-0.05, 0) is 0 Å². The Hall–Kier alpha value is -1.66. The Balaban J connectivity index is 3.28. The number of likely N-dealkylation sites (N-methyl/N-ethyl adjacent to an activating group) is 1. The second-order valence-electron chi connectivity index (χ2n) is 4.80. The minimum atomic E-state index is -0.978. The van der Waals surface area contributed by atoms with E-state index in [1.807, 2.05) is 0 Å². The first-order valence-electron chi connectivity index (χ1n) is 7.78. The molecule has 0 atom stereocenters. The van der Waals surface area contributed by atoms with E-state index in [-0.39, 0.29) is 25.4 Å². The summed E-state index contributed by atoms with van der Waals surface area (Å²) in [6.07, 6.45) is 4.87. The average Bonchev–Trinajstić information content (AvgIpc) is 2.56. The number of ether oxygens (including phenoxy) is 4. The van der Waals surface area contributed by atoms with Crippen molar-refractivity contribution in [3.8, 4) is 12.3 Å². The Labute approximate surface area is 143 Å². The standard InChI is InChI=1S/C16H27NO7/c1-3-7-21-9-11-23-13-14-24-12-10-22-8-6-17(2)15(18)4-5-16(19)20/h1H,4-14H2,2H3,(H,19,20). The maximum absolute atomic E-state index is 11.5. The molecule has 0 aliphatic heterocycles. The first-order valence-corrected chi connectivity index (χ1v) is 7.78. The van der Waals surface area contributed by atoms with Gasteiger partial charge >= 0.3 is 5.97 Å². The lowest BCUT2D eigenvalue weighted by Gasteiger charge is -2.16. The van der Waals surface area contributed by atoms with Crippen LogP contribution in [0.2, 0.25) is 0 Å². The van der Waals surface area contributed by atoms with Crippen LogP contribution < -0.4 is 0 Å². The van der Waals surface area contributed by atoms with Crippen LogP contribution in [0.4, 0.5) is 0 Å². The van der Waals surface area contributed by atoms with Crippen LogP contribution >= 0.6 is 0 Å². The lowest BCUT2D eigenvalue weighted by molar-refractivity contribution is -0.140. The van der Waals surface area contributed by atoms with E-state index in [0.717, 1.165) is 0 Å². The van der Waals surface area contributed by atoms with E-state index in [1.54, 1.807) is 7.05 Å². The largest absolute Gasteiger partial charge is 0.481 e. The maximum Gasteiger partial charge on any atom is 0.303 e. The lowest BCUT2D eigenvalue weighted by Crippen LogP contribution is -2.30. The molecule has 0 saturated heterocycles. The fourth-order valence-electron chi connectivity index (χ4n) is 1.52. The van der Waals surface area contributed by atoms with Gasteiger partial charge in [0.25, 0.3) is 0 Å². The number of carboxylic acids is 1. The van der Waals surface area contributed by atoms with Crippen LogP contribution in [0.5, 0.6) is 0 Å². The van der Waals surface area contributed by atoms with E-state index in [9.17, 15) is 9.59 Å². The van der Waals surface area contributed by atoms with Gasteiger partial charge in [-0.1, -0.05) is 5.92 Å². The normalized spacial score (nSPS) is 10.3. The highest BCUT2D eigenvalue weighted by Crippen LogP contribution is 1.95. The number of rotatable bonds is 16. The number of carbonyl (C=O) groups excluding carboxylic acids is 1. The summed E-state index contributed by atoms with van der Waals surface area (Å²) in [5, 5.41) is 8.51. The Bertz CT molecular complexity index is 381. The van der Waals surface area contributed by atoms with E-state index in [2.05, 4.69) is 5.92 Å². The third-order valence-corrected chi connectivity index (χ3v) is 2.85. The number of terminal acetylenes is 1. The molecule has 0 heterocycles. The molecule has 0 bridgehead atoms. The lowest BCUT2D eigenvalue weighted by atomic mass is 10.3. The summed E-state index contributed by atoms with van der Waals surface area (Å²) < 4.78 is 20.9. The van der Waals surface area contributed by atoms with Crippen LogP contribution in [0, 0.1) is 12.3 Å². The van der Waals surface area contributed by atoms with Crippen molar-refractivity contribution < 1.29 is 33.6 Å². The fraction of sp³-hybridized carbons (Fsp3) is 0.750. The molecular formula is C16H27NO7. The molecule has 0 aliphatic carbocycles. The number of hydrogen-bond acceptors (Lipinski definition) is 6. The summed E-state index contributed by atoms with van der Waals surface area (Å²) in [5.41, 5.74) is 0. The highest BCUT2D eigenvalue weighted by Gasteiger charge is 2.10. The predicted octanol–water partition coefficient (Wildman–Crippen LogP) is 0.00920. The van der Waals surface area contributed by atoms with Gasteiger partial charge in [0.2, 0.25) is 5.91 Å². The van der Waals surface area contributed by atoms with Gasteiger partial charge in [0, 0.05) is 20.0 Å². The van der Waals surface area contributed by atoms with Gasteiger partial charge in [0.1, 0.15) is 6.61 Å². The van der Waals surface area contributed by atoms with Gasteiger partial charge < -0.3 is 29.0 Å². The highest BCUT2D eigenvalue weighted by atomic mass is 16.6. The summed E-state index contributed by atoms with van der Waals surface area (Å²) in [6, 6.07) is 0. The van der Waals surface area contributed by atoms with Crippen LogP contribution in [0.15, 0.2) is 0 Å². The van der Waals surface area contributed by atoms with Crippen molar-refractivity contribution in [3.63, 3.8) is 0 Å². The minimum absolute atomic E-state index is 0.00270. The molecule has 0 saturated carbocycles. The zero-order valence-corrected chi connectivity index (χ0v) is 14.2. The second-order valence-corrected chi connectivity index (χ2v) is 4.80. The van der Waals surface area contributed by atoms with Crippen molar-refractivity contribution in [1.82, 2.24) is 4.90 Å². The molecule has 0 rings (SSSR count). The summed E-state index contributed by atoms with van der Waals surface area (Å²) in [7, 11) is 1.62. The van der Waals surface area contributed by atoms with Crippen LogP contribution in [0.3, 0.4) is 0 Å². The number of amides is 1. The topological polar surface area (TPSA) is 94.5 Å². The molecule has 8 nitrogen and oxygen atoms in total. The monoisotopic (exact) mass is 345 g/mol. The molecule has 0 aromatic carbocycles. The maximum atomic E-state index is 11.5. The Morgan fingerprint density at radius 1 is 0.917 bits per heavy atom. The Morgan fingerprint density at radius 2 is 1.42 bits per heavy atom. The number of carbonyl (C=O) groups is 2. The Morgan fingerprint density at radius 3 is 1.92 bits per heavy atom. The van der Waals surface area contributed by atoms with Crippen molar-refractivity contribution >= 4 is 11.9 Å². The van der Waals surface area contributed by atoms with E-state index >= 15 is 0 Å². The molecule has 24 heavy (non-hydrogen) atoms. The summed E-state index contributed by atoms with van der Waals surface area (Å²) in [4.78, 5) is 23.4. The number of nitrogens with zero attached hydrogens (tertiary/aromatic N) is 1. The highest BCUT2D eigenvalue weighted by molar-refractivity contribution is 5.80. The number of carboxylic acid groups (broad SMARTS) is 1. The fourth-order valence-corrected chi connectivity index (χ4v) is 1.52. The molecule has 138 valence electrons. The molecule has 0 aromatic rings. The van der Waals surface area contributed by atoms with Crippen LogP contribution in [0.25, 0.3) is 0 Å². The summed E-state index contributed by atoms with van der Waals surface area (Å²) in [6.45, 7) is 3.82. The van der Waals surface area contributed by atoms with Crippen molar-refractivity contribution in [1.29, 1.82) is 0 Å². The number of hydrogen-bond donors (Lipinski definition) is 1. The van der Waals surface area contributed by atoms with Crippen LogP contribution in [-0.2, 0) is 28.5 Å². The molecular weight excluding hydrogens is 318 g/mol. The molecule has 0 aromatic heterocycles. The summed E-state index contributed by atoms with van der Waals surface area (Å²) >= 11 is 0. The van der Waals surface area contributed by atoms with E-state index in [4.69, 9.17) is 30.5 Å². The second kappa shape index (κ2) is 16.2. The van der Waals surface area contributed by atoms with Crippen LogP contribution in [0.1, 0.15) is 12.8 Å². The number of aliphatic carboxylic acids is 1. The van der Waals surface area contributed by atoms with Gasteiger partial charge in [-0.25, -0.2) is 0 Å². The summed E-state index contributed by atoms with van der Waals surface area (Å²) in [5.74, 6) is 1.18. The molecule has 8 heteroatoms. The molecule has 0 spiro atoms. The van der Waals surface area contributed by atoms with Crippen molar-refractivity contribution in [2.75, 3.05) is 66.4 Å². The van der Waals surface area contributed by atoms with E-state index in [0.29, 0.717) is 52.8 Å². The van der Waals surface area contributed by atoms with Crippen molar-refractivity contribution in [2.24, 2.45) is 0 Å². The quantitative estimate of drug-likeness (QED) is 0.311. The van der Waals surface area contributed by atoms with Gasteiger partial charge in [0.05, 0.1) is 52.7 Å². The smallest absolute Gasteiger partial charge is 0.303 e. The first-order chi connectivity index (χ1) is 11.6. The van der Waals surface area contributed by atoms with Gasteiger partial charge in [0.15, 0.2) is 0 Å². The molecule has 0 fully saturated rings. The third-order valence-electron chi connectivity index (χ3n) is 2.85. The Kier molecular flexibility index (Phi) is 15.1. The van der Waals surface area contributed by atoms with Crippen LogP contribution in [-0.4, -0.2) is 88.3 Å². The van der Waals surface area contributed by atoms with Crippen molar-refractivity contribution in [2.45, 2.75) is 12.8 Å².